The molecule has 138 valence electrons. The van der Waals surface area contributed by atoms with Gasteiger partial charge in [-0.25, -0.2) is 0 Å². The average molecular weight is 371 g/mol. The summed E-state index contributed by atoms with van der Waals surface area (Å²) in [6.45, 7) is 1.67. The number of hydrogen-bond acceptors (Lipinski definition) is 7. The summed E-state index contributed by atoms with van der Waals surface area (Å²) in [5, 5.41) is 25.5. The second-order valence-electron chi connectivity index (χ2n) is 5.38. The van der Waals surface area contributed by atoms with E-state index in [4.69, 9.17) is 4.42 Å². The van der Waals surface area contributed by atoms with Gasteiger partial charge in [0, 0.05) is 18.7 Å². The Morgan fingerprint density at radius 2 is 2.04 bits per heavy atom. The van der Waals surface area contributed by atoms with E-state index in [1.54, 1.807) is 0 Å². The van der Waals surface area contributed by atoms with Gasteiger partial charge >= 0.3 is 11.9 Å². The van der Waals surface area contributed by atoms with E-state index >= 15 is 0 Å². The van der Waals surface area contributed by atoms with Crippen molar-refractivity contribution in [3.63, 3.8) is 0 Å². The molecule has 10 nitrogen and oxygen atoms in total. The van der Waals surface area contributed by atoms with E-state index in [0.29, 0.717) is 5.69 Å². The SMILES string of the molecule is Cc1cc(C(F)(F)F)nn1Cc1nnc(CCn2cc([N+](=O)[O-])cn2)o1. The van der Waals surface area contributed by atoms with Crippen molar-refractivity contribution < 1.29 is 22.5 Å². The summed E-state index contributed by atoms with van der Waals surface area (Å²) >= 11 is 0. The lowest BCUT2D eigenvalue weighted by atomic mass is 10.4. The Bertz CT molecular complexity index is 928. The van der Waals surface area contributed by atoms with E-state index in [2.05, 4.69) is 20.4 Å². The lowest BCUT2D eigenvalue weighted by Crippen LogP contribution is -2.09. The predicted molar refractivity (Wildman–Crippen MR) is 78.0 cm³/mol. The van der Waals surface area contributed by atoms with Gasteiger partial charge < -0.3 is 4.42 Å². The minimum Gasteiger partial charge on any atom is -0.423 e. The third-order valence-electron chi connectivity index (χ3n) is 3.45. The van der Waals surface area contributed by atoms with Crippen LogP contribution >= 0.6 is 0 Å². The van der Waals surface area contributed by atoms with Gasteiger partial charge in [0.15, 0.2) is 5.69 Å². The van der Waals surface area contributed by atoms with Crippen LogP contribution in [-0.2, 0) is 25.7 Å². The third kappa shape index (κ3) is 3.87. The van der Waals surface area contributed by atoms with Gasteiger partial charge in [0.25, 0.3) is 0 Å². The number of halogens is 3. The Hall–Kier alpha value is -3.25. The number of hydrogen-bond donors (Lipinski definition) is 0. The Labute approximate surface area is 143 Å². The van der Waals surface area contributed by atoms with Gasteiger partial charge in [0.2, 0.25) is 11.8 Å². The van der Waals surface area contributed by atoms with Gasteiger partial charge in [0.05, 0.1) is 4.92 Å². The van der Waals surface area contributed by atoms with Gasteiger partial charge in [-0.3, -0.25) is 19.5 Å². The monoisotopic (exact) mass is 371 g/mol. The van der Waals surface area contributed by atoms with Crippen molar-refractivity contribution >= 4 is 5.69 Å². The zero-order chi connectivity index (χ0) is 18.9. The molecule has 0 aliphatic heterocycles. The van der Waals surface area contributed by atoms with Gasteiger partial charge in [-0.05, 0) is 13.0 Å². The lowest BCUT2D eigenvalue weighted by Gasteiger charge is -2.01. The molecule has 0 aliphatic rings. The molecule has 0 bridgehead atoms. The van der Waals surface area contributed by atoms with Crippen LogP contribution < -0.4 is 0 Å². The van der Waals surface area contributed by atoms with E-state index in [-0.39, 0.29) is 37.0 Å². The number of alkyl halides is 3. The molecule has 3 aromatic heterocycles. The molecule has 26 heavy (non-hydrogen) atoms. The topological polar surface area (TPSA) is 118 Å². The zero-order valence-corrected chi connectivity index (χ0v) is 13.3. The van der Waals surface area contributed by atoms with E-state index in [1.807, 2.05) is 0 Å². The summed E-state index contributed by atoms with van der Waals surface area (Å²) < 4.78 is 45.8. The molecular formula is C13H12F3N7O3. The molecule has 0 amide bonds. The summed E-state index contributed by atoms with van der Waals surface area (Å²) in [5.74, 6) is 0.338. The Morgan fingerprint density at radius 1 is 1.31 bits per heavy atom. The first-order valence-corrected chi connectivity index (χ1v) is 7.32. The molecule has 0 aliphatic carbocycles. The summed E-state index contributed by atoms with van der Waals surface area (Å²) in [5.41, 5.74) is -0.818. The molecule has 0 radical (unpaired) electrons. The van der Waals surface area contributed by atoms with Crippen molar-refractivity contribution in [3.05, 3.63) is 51.7 Å². The summed E-state index contributed by atoms with van der Waals surface area (Å²) in [4.78, 5) is 10.0. The molecule has 0 saturated carbocycles. The van der Waals surface area contributed by atoms with Gasteiger partial charge in [-0.15, -0.1) is 10.2 Å². The van der Waals surface area contributed by atoms with Crippen LogP contribution in [0.15, 0.2) is 22.9 Å². The van der Waals surface area contributed by atoms with Crippen LogP contribution in [0.25, 0.3) is 0 Å². The molecule has 0 fully saturated rings. The average Bonchev–Trinajstić information content (AvgIpc) is 3.26. The first-order valence-electron chi connectivity index (χ1n) is 7.32. The summed E-state index contributed by atoms with van der Waals surface area (Å²) in [6.07, 6.45) is -1.87. The van der Waals surface area contributed by atoms with Crippen molar-refractivity contribution in [2.24, 2.45) is 0 Å². The van der Waals surface area contributed by atoms with Crippen LogP contribution in [-0.4, -0.2) is 34.7 Å². The van der Waals surface area contributed by atoms with Gasteiger partial charge in [0.1, 0.15) is 18.9 Å². The number of aryl methyl sites for hydroxylation is 3. The highest BCUT2D eigenvalue weighted by molar-refractivity contribution is 5.20. The molecule has 0 N–H and O–H groups in total. The molecule has 0 spiro atoms. The molecule has 3 heterocycles. The molecule has 0 atom stereocenters. The van der Waals surface area contributed by atoms with Crippen LogP contribution in [0.1, 0.15) is 23.2 Å². The highest BCUT2D eigenvalue weighted by atomic mass is 19.4. The normalized spacial score (nSPS) is 11.8. The Morgan fingerprint density at radius 3 is 2.65 bits per heavy atom. The van der Waals surface area contributed by atoms with Crippen LogP contribution in [0.2, 0.25) is 0 Å². The second-order valence-corrected chi connectivity index (χ2v) is 5.38. The first-order chi connectivity index (χ1) is 12.2. The van der Waals surface area contributed by atoms with Crippen molar-refractivity contribution in [3.8, 4) is 0 Å². The highest BCUT2D eigenvalue weighted by Gasteiger charge is 2.34. The van der Waals surface area contributed by atoms with Crippen molar-refractivity contribution in [1.82, 2.24) is 29.8 Å². The molecule has 13 heteroatoms. The maximum atomic E-state index is 12.7. The Balaban J connectivity index is 1.63. The first kappa shape index (κ1) is 17.6. The van der Waals surface area contributed by atoms with E-state index in [0.717, 1.165) is 16.9 Å². The molecule has 3 aromatic rings. The van der Waals surface area contributed by atoms with Crippen LogP contribution in [0.4, 0.5) is 18.9 Å². The molecule has 0 aromatic carbocycles. The van der Waals surface area contributed by atoms with Gasteiger partial charge in [-0.2, -0.15) is 23.4 Å². The van der Waals surface area contributed by atoms with Gasteiger partial charge in [-0.1, -0.05) is 0 Å². The summed E-state index contributed by atoms with van der Waals surface area (Å²) in [7, 11) is 0. The quantitative estimate of drug-likeness (QED) is 0.480. The fourth-order valence-electron chi connectivity index (χ4n) is 2.17. The van der Waals surface area contributed by atoms with E-state index in [1.165, 1.54) is 17.8 Å². The number of aromatic nitrogens is 6. The third-order valence-corrected chi connectivity index (χ3v) is 3.45. The molecule has 0 unspecified atom stereocenters. The van der Waals surface area contributed by atoms with Crippen molar-refractivity contribution in [2.75, 3.05) is 0 Å². The highest BCUT2D eigenvalue weighted by Crippen LogP contribution is 2.28. The largest absolute Gasteiger partial charge is 0.435 e. The predicted octanol–water partition coefficient (Wildman–Crippen LogP) is 1.99. The maximum Gasteiger partial charge on any atom is 0.435 e. The van der Waals surface area contributed by atoms with Crippen LogP contribution in [0.5, 0.6) is 0 Å². The van der Waals surface area contributed by atoms with E-state index < -0.39 is 16.8 Å². The minimum absolute atomic E-state index is 0.0951. The number of rotatable bonds is 6. The standard InChI is InChI=1S/C13H12F3N7O3/c1-8-4-10(13(14,15)16)20-22(8)7-12-19-18-11(26-12)2-3-21-6-9(5-17-21)23(24)25/h4-6H,2-3,7H2,1H3. The molecular weight excluding hydrogens is 359 g/mol. The fraction of sp³-hybridized carbons (Fsp3) is 0.385. The smallest absolute Gasteiger partial charge is 0.423 e. The molecule has 3 rings (SSSR count). The van der Waals surface area contributed by atoms with Crippen LogP contribution in [0.3, 0.4) is 0 Å². The summed E-state index contributed by atoms with van der Waals surface area (Å²) in [6, 6.07) is 0.932. The minimum atomic E-state index is -4.53. The lowest BCUT2D eigenvalue weighted by molar-refractivity contribution is -0.385. The maximum absolute atomic E-state index is 12.7. The van der Waals surface area contributed by atoms with Crippen molar-refractivity contribution in [1.29, 1.82) is 0 Å². The van der Waals surface area contributed by atoms with Crippen molar-refractivity contribution in [2.45, 2.75) is 32.6 Å². The fourth-order valence-corrected chi connectivity index (χ4v) is 2.17. The number of nitrogens with zero attached hydrogens (tertiary/aromatic N) is 7. The second kappa shape index (κ2) is 6.57. The molecule has 0 saturated heterocycles. The van der Waals surface area contributed by atoms with E-state index in [9.17, 15) is 23.3 Å². The Kier molecular flexibility index (Phi) is 4.44. The number of nitro groups is 1. The van der Waals surface area contributed by atoms with Crippen LogP contribution in [0, 0.1) is 17.0 Å². The zero-order valence-electron chi connectivity index (χ0n) is 13.3.